The zero-order valence-electron chi connectivity index (χ0n) is 13.5. The first-order valence-corrected chi connectivity index (χ1v) is 8.13. The third-order valence-electron chi connectivity index (χ3n) is 4.33. The average Bonchev–Trinajstić information content (AvgIpc) is 3.10. The second kappa shape index (κ2) is 7.45. The van der Waals surface area contributed by atoms with E-state index >= 15 is 0 Å². The molecular weight excluding hydrogens is 307 g/mol. The normalized spacial score (nSPS) is 17.1. The Morgan fingerprint density at radius 2 is 1.96 bits per heavy atom. The fourth-order valence-corrected chi connectivity index (χ4v) is 2.89. The average molecular weight is 328 g/mol. The van der Waals surface area contributed by atoms with Gasteiger partial charge in [0.05, 0.1) is 5.56 Å². The number of para-hydroxylation sites is 1. The van der Waals surface area contributed by atoms with Gasteiger partial charge in [-0.2, -0.15) is 0 Å². The zero-order chi connectivity index (χ0) is 16.9. The smallest absolute Gasteiger partial charge is 0.257 e. The molecule has 0 aromatic heterocycles. The summed E-state index contributed by atoms with van der Waals surface area (Å²) in [5, 5.41) is 0. The first kappa shape index (κ1) is 16.5. The Morgan fingerprint density at radius 1 is 1.21 bits per heavy atom. The molecule has 1 aliphatic rings. The topological polar surface area (TPSA) is 55.6 Å². The molecule has 0 spiro atoms. The number of hydrogen-bond donors (Lipinski definition) is 1. The lowest BCUT2D eigenvalue weighted by atomic mass is 10.1. The molecule has 1 amide bonds. The summed E-state index contributed by atoms with van der Waals surface area (Å²) in [4.78, 5) is 14.6. The molecule has 1 heterocycles. The van der Waals surface area contributed by atoms with Crippen LogP contribution in [0.15, 0.2) is 48.5 Å². The standard InChI is InChI=1S/C19H21FN2O2/c20-16-7-5-14(6-8-16)13-24-18-4-2-1-3-17(18)19(23)22-10-9-15(11-21)12-22/h1-8,15H,9-13,21H2/t15-/m1/s1. The highest BCUT2D eigenvalue weighted by Gasteiger charge is 2.27. The molecule has 5 heteroatoms. The summed E-state index contributed by atoms with van der Waals surface area (Å²) in [6.07, 6.45) is 0.945. The lowest BCUT2D eigenvalue weighted by molar-refractivity contribution is 0.0782. The van der Waals surface area contributed by atoms with Gasteiger partial charge in [-0.05, 0) is 48.7 Å². The molecule has 1 atom stereocenters. The van der Waals surface area contributed by atoms with Gasteiger partial charge in [-0.3, -0.25) is 4.79 Å². The van der Waals surface area contributed by atoms with Crippen LogP contribution in [0.25, 0.3) is 0 Å². The Kier molecular flexibility index (Phi) is 5.11. The van der Waals surface area contributed by atoms with Crippen LogP contribution in [0.3, 0.4) is 0 Å². The van der Waals surface area contributed by atoms with Crippen molar-refractivity contribution < 1.29 is 13.9 Å². The second-order valence-corrected chi connectivity index (χ2v) is 6.05. The summed E-state index contributed by atoms with van der Waals surface area (Å²) in [7, 11) is 0. The number of ether oxygens (including phenoxy) is 1. The fraction of sp³-hybridized carbons (Fsp3) is 0.316. The van der Waals surface area contributed by atoms with E-state index in [-0.39, 0.29) is 18.3 Å². The molecule has 1 saturated heterocycles. The Balaban J connectivity index is 1.70. The minimum atomic E-state index is -0.280. The molecule has 24 heavy (non-hydrogen) atoms. The molecule has 2 aromatic carbocycles. The molecule has 0 bridgehead atoms. The molecule has 2 N–H and O–H groups in total. The number of likely N-dealkylation sites (tertiary alicyclic amines) is 1. The number of halogens is 1. The van der Waals surface area contributed by atoms with E-state index < -0.39 is 0 Å². The van der Waals surface area contributed by atoms with E-state index in [1.807, 2.05) is 17.0 Å². The van der Waals surface area contributed by atoms with Crippen molar-refractivity contribution in [3.8, 4) is 5.75 Å². The lowest BCUT2D eigenvalue weighted by Gasteiger charge is -2.18. The van der Waals surface area contributed by atoms with Gasteiger partial charge in [0.2, 0.25) is 0 Å². The minimum absolute atomic E-state index is 0.0272. The third kappa shape index (κ3) is 3.74. The maximum absolute atomic E-state index is 13.0. The van der Waals surface area contributed by atoms with Crippen molar-refractivity contribution in [1.29, 1.82) is 0 Å². The van der Waals surface area contributed by atoms with E-state index in [9.17, 15) is 9.18 Å². The van der Waals surface area contributed by atoms with Gasteiger partial charge in [-0.15, -0.1) is 0 Å². The van der Waals surface area contributed by atoms with E-state index in [4.69, 9.17) is 10.5 Å². The quantitative estimate of drug-likeness (QED) is 0.918. The summed E-state index contributed by atoms with van der Waals surface area (Å²) in [5.41, 5.74) is 7.10. The molecule has 0 radical (unpaired) electrons. The maximum atomic E-state index is 13.0. The predicted octanol–water partition coefficient (Wildman–Crippen LogP) is 2.83. The highest BCUT2D eigenvalue weighted by molar-refractivity contribution is 5.97. The van der Waals surface area contributed by atoms with Crippen LogP contribution in [-0.2, 0) is 6.61 Å². The zero-order valence-corrected chi connectivity index (χ0v) is 13.5. The summed E-state index contributed by atoms with van der Waals surface area (Å²) >= 11 is 0. The molecule has 4 nitrogen and oxygen atoms in total. The van der Waals surface area contributed by atoms with E-state index in [0.29, 0.717) is 30.3 Å². The van der Waals surface area contributed by atoms with Crippen molar-refractivity contribution in [1.82, 2.24) is 4.90 Å². The van der Waals surface area contributed by atoms with Crippen LogP contribution in [0.2, 0.25) is 0 Å². The van der Waals surface area contributed by atoms with Crippen LogP contribution < -0.4 is 10.5 Å². The van der Waals surface area contributed by atoms with Crippen LogP contribution in [0, 0.1) is 11.7 Å². The number of amides is 1. The van der Waals surface area contributed by atoms with Gasteiger partial charge in [-0.25, -0.2) is 4.39 Å². The van der Waals surface area contributed by atoms with E-state index in [1.54, 1.807) is 24.3 Å². The van der Waals surface area contributed by atoms with Crippen LogP contribution in [0.5, 0.6) is 5.75 Å². The number of carbonyl (C=O) groups excluding carboxylic acids is 1. The van der Waals surface area contributed by atoms with E-state index in [2.05, 4.69) is 0 Å². The largest absolute Gasteiger partial charge is 0.488 e. The number of nitrogens with zero attached hydrogens (tertiary/aromatic N) is 1. The van der Waals surface area contributed by atoms with Gasteiger partial charge < -0.3 is 15.4 Å². The van der Waals surface area contributed by atoms with Crippen molar-refractivity contribution in [2.24, 2.45) is 11.7 Å². The van der Waals surface area contributed by atoms with Crippen molar-refractivity contribution >= 4 is 5.91 Å². The van der Waals surface area contributed by atoms with Crippen molar-refractivity contribution in [3.63, 3.8) is 0 Å². The van der Waals surface area contributed by atoms with E-state index in [0.717, 1.165) is 18.5 Å². The molecule has 2 aromatic rings. The van der Waals surface area contributed by atoms with Gasteiger partial charge in [0.15, 0.2) is 0 Å². The Labute approximate surface area is 141 Å². The molecule has 0 aliphatic carbocycles. The highest BCUT2D eigenvalue weighted by Crippen LogP contribution is 2.24. The number of hydrogen-bond acceptors (Lipinski definition) is 3. The van der Waals surface area contributed by atoms with Crippen LogP contribution in [0.4, 0.5) is 4.39 Å². The van der Waals surface area contributed by atoms with Gasteiger partial charge in [0, 0.05) is 13.1 Å². The Bertz CT molecular complexity index is 703. The molecule has 0 unspecified atom stereocenters. The fourth-order valence-electron chi connectivity index (χ4n) is 2.89. The first-order valence-electron chi connectivity index (χ1n) is 8.13. The third-order valence-corrected chi connectivity index (χ3v) is 4.33. The molecule has 1 aliphatic heterocycles. The van der Waals surface area contributed by atoms with Crippen LogP contribution in [0.1, 0.15) is 22.3 Å². The number of carbonyl (C=O) groups is 1. The lowest BCUT2D eigenvalue weighted by Crippen LogP contribution is -2.30. The van der Waals surface area contributed by atoms with Crippen molar-refractivity contribution in [2.45, 2.75) is 13.0 Å². The Morgan fingerprint density at radius 3 is 2.67 bits per heavy atom. The van der Waals surface area contributed by atoms with Gasteiger partial charge in [0.1, 0.15) is 18.2 Å². The van der Waals surface area contributed by atoms with Crippen molar-refractivity contribution in [2.75, 3.05) is 19.6 Å². The molecular formula is C19H21FN2O2. The summed E-state index contributed by atoms with van der Waals surface area (Å²) < 4.78 is 18.8. The van der Waals surface area contributed by atoms with Crippen LogP contribution >= 0.6 is 0 Å². The molecule has 126 valence electrons. The molecule has 0 saturated carbocycles. The van der Waals surface area contributed by atoms with Gasteiger partial charge in [-0.1, -0.05) is 24.3 Å². The highest BCUT2D eigenvalue weighted by atomic mass is 19.1. The second-order valence-electron chi connectivity index (χ2n) is 6.05. The summed E-state index contributed by atoms with van der Waals surface area (Å²) in [5.74, 6) is 0.614. The number of benzene rings is 2. The Hall–Kier alpha value is -2.40. The van der Waals surface area contributed by atoms with Gasteiger partial charge >= 0.3 is 0 Å². The summed E-state index contributed by atoms with van der Waals surface area (Å²) in [6, 6.07) is 13.4. The van der Waals surface area contributed by atoms with Gasteiger partial charge in [0.25, 0.3) is 5.91 Å². The molecule has 3 rings (SSSR count). The van der Waals surface area contributed by atoms with Crippen molar-refractivity contribution in [3.05, 3.63) is 65.5 Å². The van der Waals surface area contributed by atoms with E-state index in [1.165, 1.54) is 12.1 Å². The number of rotatable bonds is 5. The molecule has 1 fully saturated rings. The monoisotopic (exact) mass is 328 g/mol. The number of nitrogens with two attached hydrogens (primary N) is 1. The first-order chi connectivity index (χ1) is 11.7. The summed E-state index contributed by atoms with van der Waals surface area (Å²) in [6.45, 7) is 2.32. The predicted molar refractivity (Wildman–Crippen MR) is 90.2 cm³/mol. The SMILES string of the molecule is NC[C@H]1CCN(C(=O)c2ccccc2OCc2ccc(F)cc2)C1. The minimum Gasteiger partial charge on any atom is -0.488 e. The van der Waals surface area contributed by atoms with Crippen LogP contribution in [-0.4, -0.2) is 30.4 Å². The maximum Gasteiger partial charge on any atom is 0.257 e.